The van der Waals surface area contributed by atoms with Gasteiger partial charge in [0.1, 0.15) is 12.2 Å². The summed E-state index contributed by atoms with van der Waals surface area (Å²) in [4.78, 5) is 15.1. The van der Waals surface area contributed by atoms with E-state index < -0.39 is 17.6 Å². The number of phenols is 1. The molecule has 0 aromatic heterocycles. The van der Waals surface area contributed by atoms with Gasteiger partial charge in [0.15, 0.2) is 17.3 Å². The maximum Gasteiger partial charge on any atom is 0.181 e. The van der Waals surface area contributed by atoms with Gasteiger partial charge in [-0.3, -0.25) is 9.69 Å². The normalized spacial score (nSPS) is 41.3. The van der Waals surface area contributed by atoms with Crippen LogP contribution in [0.5, 0.6) is 11.5 Å². The van der Waals surface area contributed by atoms with Gasteiger partial charge >= 0.3 is 0 Å². The van der Waals surface area contributed by atoms with Gasteiger partial charge in [0.05, 0.1) is 6.04 Å². The van der Waals surface area contributed by atoms with Gasteiger partial charge < -0.3 is 14.9 Å². The number of ketones is 1. The van der Waals surface area contributed by atoms with Crippen LogP contribution in [0.1, 0.15) is 22.3 Å². The van der Waals surface area contributed by atoms with Crippen LogP contribution in [-0.2, 0) is 5.41 Å². The molecule has 5 rings (SSSR count). The Labute approximate surface area is 127 Å². The molecule has 1 aromatic carbocycles. The number of carbonyl (C=O) groups is 1. The molecule has 5 nitrogen and oxygen atoms in total. The van der Waals surface area contributed by atoms with Gasteiger partial charge in [-0.15, -0.1) is 0 Å². The van der Waals surface area contributed by atoms with Crippen LogP contribution in [0.2, 0.25) is 0 Å². The number of piperidine rings is 1. The molecule has 5 heteroatoms. The Balaban J connectivity index is 1.89. The molecule has 0 radical (unpaired) electrons. The highest BCUT2D eigenvalue weighted by atomic mass is 16.5. The first-order chi connectivity index (χ1) is 10.6. The molecule has 22 heavy (non-hydrogen) atoms. The molecule has 4 aliphatic rings. The van der Waals surface area contributed by atoms with E-state index in [2.05, 4.69) is 4.90 Å². The lowest BCUT2D eigenvalue weighted by molar-refractivity contribution is -0.0386. The minimum Gasteiger partial charge on any atom is -0.504 e. The van der Waals surface area contributed by atoms with Crippen molar-refractivity contribution in [3.63, 3.8) is 0 Å². The number of aliphatic hydroxyl groups excluding tert-OH is 1. The first kappa shape index (κ1) is 12.7. The third-order valence-corrected chi connectivity index (χ3v) is 6.00. The number of likely N-dealkylation sites (N-methyl/N-ethyl adjacent to an activating group) is 1. The zero-order valence-corrected chi connectivity index (χ0v) is 12.2. The van der Waals surface area contributed by atoms with Crippen LogP contribution in [-0.4, -0.2) is 52.7 Å². The van der Waals surface area contributed by atoms with Crippen LogP contribution < -0.4 is 4.74 Å². The molecule has 1 aromatic rings. The molecule has 0 amide bonds. The molecule has 1 saturated heterocycles. The van der Waals surface area contributed by atoms with Crippen molar-refractivity contribution < 1.29 is 19.7 Å². The van der Waals surface area contributed by atoms with Crippen molar-refractivity contribution in [2.75, 3.05) is 13.6 Å². The monoisotopic (exact) mass is 299 g/mol. The van der Waals surface area contributed by atoms with Crippen LogP contribution in [0.4, 0.5) is 0 Å². The molecule has 2 aliphatic heterocycles. The maximum absolute atomic E-state index is 13.0. The smallest absolute Gasteiger partial charge is 0.181 e. The Kier molecular flexibility index (Phi) is 2.15. The highest BCUT2D eigenvalue weighted by Crippen LogP contribution is 2.62. The summed E-state index contributed by atoms with van der Waals surface area (Å²) in [6.45, 7) is 0.780. The van der Waals surface area contributed by atoms with Crippen LogP contribution in [0.25, 0.3) is 0 Å². The molecule has 0 unspecified atom stereocenters. The second-order valence-corrected chi connectivity index (χ2v) is 6.86. The van der Waals surface area contributed by atoms with Gasteiger partial charge in [-0.05, 0) is 32.1 Å². The van der Waals surface area contributed by atoms with Crippen LogP contribution in [0.3, 0.4) is 0 Å². The second-order valence-electron chi connectivity index (χ2n) is 6.86. The highest BCUT2D eigenvalue weighted by molar-refractivity contribution is 6.05. The minimum absolute atomic E-state index is 0.0114. The fourth-order valence-corrected chi connectivity index (χ4v) is 5.09. The van der Waals surface area contributed by atoms with E-state index in [0.29, 0.717) is 11.3 Å². The lowest BCUT2D eigenvalue weighted by Gasteiger charge is -2.55. The predicted molar refractivity (Wildman–Crippen MR) is 78.2 cm³/mol. The lowest BCUT2D eigenvalue weighted by Crippen LogP contribution is -2.66. The summed E-state index contributed by atoms with van der Waals surface area (Å²) in [6, 6.07) is 3.01. The van der Waals surface area contributed by atoms with Crippen molar-refractivity contribution in [1.29, 1.82) is 0 Å². The summed E-state index contributed by atoms with van der Waals surface area (Å²) in [7, 11) is 1.98. The van der Waals surface area contributed by atoms with E-state index in [1.807, 2.05) is 13.1 Å². The summed E-state index contributed by atoms with van der Waals surface area (Å²) in [5.74, 6) is 0.525. The Morgan fingerprint density at radius 3 is 3.00 bits per heavy atom. The molecular formula is C17H17NO4. The van der Waals surface area contributed by atoms with Crippen LogP contribution >= 0.6 is 0 Å². The number of aromatic hydroxyl groups is 1. The molecule has 2 N–H and O–H groups in total. The SMILES string of the molecule is CN1CC[C@]23c4c5ccc(O)c4O[C@H]2[C@@H](O)C=C[C@H]3[C@@H]1C5=O. The fourth-order valence-electron chi connectivity index (χ4n) is 5.09. The molecule has 1 spiro atoms. The topological polar surface area (TPSA) is 70.0 Å². The largest absolute Gasteiger partial charge is 0.504 e. The Hall–Kier alpha value is -1.85. The van der Waals surface area contributed by atoms with Gasteiger partial charge in [0.2, 0.25) is 0 Å². The molecule has 2 bridgehead atoms. The maximum atomic E-state index is 13.0. The third-order valence-electron chi connectivity index (χ3n) is 6.00. The zero-order valence-electron chi connectivity index (χ0n) is 12.2. The number of aliphatic hydroxyl groups is 1. The van der Waals surface area contributed by atoms with Crippen molar-refractivity contribution in [3.8, 4) is 11.5 Å². The Morgan fingerprint density at radius 2 is 2.18 bits per heavy atom. The van der Waals surface area contributed by atoms with Gasteiger partial charge in [-0.25, -0.2) is 0 Å². The number of benzene rings is 1. The summed E-state index contributed by atoms with van der Waals surface area (Å²) >= 11 is 0. The Bertz CT molecular complexity index is 742. The highest BCUT2D eigenvalue weighted by Gasteiger charge is 2.66. The number of hydrogen-bond donors (Lipinski definition) is 2. The van der Waals surface area contributed by atoms with Gasteiger partial charge in [-0.2, -0.15) is 0 Å². The summed E-state index contributed by atoms with van der Waals surface area (Å²) in [5.41, 5.74) is 1.06. The molecule has 5 atom stereocenters. The summed E-state index contributed by atoms with van der Waals surface area (Å²) in [5, 5.41) is 20.6. The number of Topliss-reactive ketones (excluding diaryl/α,β-unsaturated/α-hetero) is 1. The standard InChI is InChI=1S/C17H17NO4/c1-18-7-6-17-9-3-5-11(20)16(17)22-15-10(19)4-2-8(12(15)17)14(21)13(9)18/h2-5,9,11,13,16,19-20H,6-7H2,1H3/t9-,11-,13+,16-,17-/m0/s1. The van der Waals surface area contributed by atoms with E-state index in [0.717, 1.165) is 18.5 Å². The van der Waals surface area contributed by atoms with E-state index in [9.17, 15) is 15.0 Å². The quantitative estimate of drug-likeness (QED) is 0.695. The minimum atomic E-state index is -0.715. The van der Waals surface area contributed by atoms with E-state index >= 15 is 0 Å². The molecular weight excluding hydrogens is 282 g/mol. The number of likely N-dealkylation sites (tertiary alicyclic amines) is 1. The van der Waals surface area contributed by atoms with E-state index in [-0.39, 0.29) is 23.5 Å². The first-order valence-corrected chi connectivity index (χ1v) is 7.69. The van der Waals surface area contributed by atoms with E-state index in [4.69, 9.17) is 4.74 Å². The van der Waals surface area contributed by atoms with Gasteiger partial charge in [0.25, 0.3) is 0 Å². The number of hydrogen-bond acceptors (Lipinski definition) is 5. The first-order valence-electron chi connectivity index (χ1n) is 7.69. The fraction of sp³-hybridized carbons (Fsp3) is 0.471. The number of rotatable bonds is 0. The molecule has 1 fully saturated rings. The van der Waals surface area contributed by atoms with Crippen molar-refractivity contribution >= 4 is 5.78 Å². The van der Waals surface area contributed by atoms with Crippen molar-refractivity contribution in [3.05, 3.63) is 35.4 Å². The molecule has 2 aliphatic carbocycles. The van der Waals surface area contributed by atoms with Gasteiger partial charge in [0, 0.05) is 22.5 Å². The van der Waals surface area contributed by atoms with Crippen molar-refractivity contribution in [2.24, 2.45) is 5.92 Å². The number of ether oxygens (including phenoxy) is 1. The van der Waals surface area contributed by atoms with E-state index in [1.54, 1.807) is 12.1 Å². The van der Waals surface area contributed by atoms with E-state index in [1.165, 1.54) is 6.07 Å². The van der Waals surface area contributed by atoms with Crippen molar-refractivity contribution in [1.82, 2.24) is 4.90 Å². The molecule has 0 saturated carbocycles. The predicted octanol–water partition coefficient (Wildman–Crippen LogP) is 0.838. The average Bonchev–Trinajstić information content (AvgIpc) is 2.85. The second kappa shape index (κ2) is 3.73. The average molecular weight is 299 g/mol. The summed E-state index contributed by atoms with van der Waals surface area (Å²) in [6.07, 6.45) is 3.39. The van der Waals surface area contributed by atoms with Gasteiger partial charge in [-0.1, -0.05) is 12.2 Å². The number of carbonyl (C=O) groups excluding carboxylic acids is 1. The number of phenolic OH excluding ortho intramolecular Hbond substituents is 1. The molecule has 114 valence electrons. The van der Waals surface area contributed by atoms with Crippen LogP contribution in [0.15, 0.2) is 24.3 Å². The van der Waals surface area contributed by atoms with Crippen LogP contribution in [0, 0.1) is 5.92 Å². The summed E-state index contributed by atoms with van der Waals surface area (Å²) < 4.78 is 5.98. The lowest BCUT2D eigenvalue weighted by atomic mass is 9.53. The third kappa shape index (κ3) is 1.15. The molecule has 2 heterocycles. The Morgan fingerprint density at radius 1 is 1.36 bits per heavy atom. The number of nitrogens with zero attached hydrogens (tertiary/aromatic N) is 1. The zero-order chi connectivity index (χ0) is 15.2. The van der Waals surface area contributed by atoms with Crippen molar-refractivity contribution in [2.45, 2.75) is 30.1 Å².